The molecule has 2 rings (SSSR count). The molecule has 1 unspecified atom stereocenters. The third-order valence-corrected chi connectivity index (χ3v) is 2.17. The van der Waals surface area contributed by atoms with Gasteiger partial charge in [0.25, 0.3) is 0 Å². The van der Waals surface area contributed by atoms with Gasteiger partial charge in [-0.25, -0.2) is 0 Å². The fourth-order valence-corrected chi connectivity index (χ4v) is 1.51. The van der Waals surface area contributed by atoms with Gasteiger partial charge in [-0.15, -0.1) is 0 Å². The Hall–Kier alpha value is -0.570. The van der Waals surface area contributed by atoms with E-state index in [0.29, 0.717) is 12.0 Å². The van der Waals surface area contributed by atoms with Crippen molar-refractivity contribution in [3.63, 3.8) is 0 Å². The van der Waals surface area contributed by atoms with E-state index in [-0.39, 0.29) is 6.04 Å². The van der Waals surface area contributed by atoms with Crippen LogP contribution in [0.1, 0.15) is 12.8 Å². The van der Waals surface area contributed by atoms with Crippen LogP contribution in [0.5, 0.6) is 0 Å². The van der Waals surface area contributed by atoms with Crippen LogP contribution in [-0.4, -0.2) is 23.2 Å². The number of nitrogens with one attached hydrogen (secondary N) is 1. The first-order chi connectivity index (χ1) is 4.27. The molecule has 1 aliphatic heterocycles. The molecule has 1 heterocycles. The topological polar surface area (TPSA) is 49.3 Å². The summed E-state index contributed by atoms with van der Waals surface area (Å²) in [6, 6.07) is 0.305. The van der Waals surface area contributed by atoms with Gasteiger partial charge in [0.2, 0.25) is 0 Å². The number of aliphatic carboxylic acids is 1. The van der Waals surface area contributed by atoms with E-state index in [1.807, 2.05) is 0 Å². The van der Waals surface area contributed by atoms with E-state index in [1.165, 1.54) is 6.42 Å². The van der Waals surface area contributed by atoms with Gasteiger partial charge < -0.3 is 10.4 Å². The van der Waals surface area contributed by atoms with Crippen LogP contribution in [-0.2, 0) is 4.79 Å². The largest absolute Gasteiger partial charge is 0.480 e. The van der Waals surface area contributed by atoms with Gasteiger partial charge in [-0.3, -0.25) is 4.79 Å². The molecule has 0 spiro atoms. The van der Waals surface area contributed by atoms with Gasteiger partial charge in [-0.05, 0) is 18.8 Å². The molecular formula is C6H9NO2. The van der Waals surface area contributed by atoms with E-state index in [0.717, 1.165) is 6.42 Å². The molecule has 0 aromatic heterocycles. The summed E-state index contributed by atoms with van der Waals surface area (Å²) in [7, 11) is 0. The number of hydrogen-bond acceptors (Lipinski definition) is 2. The monoisotopic (exact) mass is 127 g/mol. The van der Waals surface area contributed by atoms with E-state index in [9.17, 15) is 4.79 Å². The molecule has 0 bridgehead atoms. The minimum absolute atomic E-state index is 0.242. The lowest BCUT2D eigenvalue weighted by molar-refractivity contribution is -0.139. The van der Waals surface area contributed by atoms with Crippen molar-refractivity contribution in [2.24, 2.45) is 5.92 Å². The summed E-state index contributed by atoms with van der Waals surface area (Å²) in [5.74, 6) is -0.00620. The predicted octanol–water partition coefficient (Wildman–Crippen LogP) is -0.179. The number of carboxylic acids is 1. The van der Waals surface area contributed by atoms with E-state index in [2.05, 4.69) is 5.32 Å². The number of hydrogen-bond donors (Lipinski definition) is 2. The summed E-state index contributed by atoms with van der Waals surface area (Å²) in [6.07, 6.45) is 2.05. The Morgan fingerprint density at radius 2 is 2.33 bits per heavy atom. The van der Waals surface area contributed by atoms with Gasteiger partial charge in [0, 0.05) is 6.04 Å². The van der Waals surface area contributed by atoms with Crippen LogP contribution >= 0.6 is 0 Å². The van der Waals surface area contributed by atoms with Crippen molar-refractivity contribution in [2.45, 2.75) is 24.9 Å². The van der Waals surface area contributed by atoms with Crippen LogP contribution in [0.4, 0.5) is 0 Å². The van der Waals surface area contributed by atoms with Crippen LogP contribution < -0.4 is 5.32 Å². The van der Waals surface area contributed by atoms with E-state index < -0.39 is 5.97 Å². The fraction of sp³-hybridized carbons (Fsp3) is 0.833. The lowest BCUT2D eigenvalue weighted by atomic mass is 10.2. The maximum absolute atomic E-state index is 10.3. The first-order valence-corrected chi connectivity index (χ1v) is 3.26. The van der Waals surface area contributed by atoms with Crippen LogP contribution in [0, 0.1) is 5.92 Å². The third kappa shape index (κ3) is 0.721. The van der Waals surface area contributed by atoms with Gasteiger partial charge in [0.1, 0.15) is 6.04 Å². The van der Waals surface area contributed by atoms with Crippen molar-refractivity contribution >= 4 is 5.97 Å². The molecule has 0 aromatic rings. The van der Waals surface area contributed by atoms with Gasteiger partial charge in [0.15, 0.2) is 0 Å². The Morgan fingerprint density at radius 3 is 2.67 bits per heavy atom. The van der Waals surface area contributed by atoms with Crippen LogP contribution in [0.2, 0.25) is 0 Å². The zero-order valence-corrected chi connectivity index (χ0v) is 5.00. The van der Waals surface area contributed by atoms with Gasteiger partial charge in [-0.1, -0.05) is 0 Å². The molecule has 9 heavy (non-hydrogen) atoms. The standard InChI is InChI=1S/C6H9NO2/c8-6(9)5-2-3-1-4(3)7-5/h3-5,7H,1-2H2,(H,8,9)/t3?,4-,5-/m0/s1. The van der Waals surface area contributed by atoms with E-state index in [4.69, 9.17) is 5.11 Å². The average Bonchev–Trinajstić information content (AvgIpc) is 2.40. The Kier molecular flexibility index (Phi) is 0.858. The maximum atomic E-state index is 10.3. The molecule has 0 amide bonds. The van der Waals surface area contributed by atoms with Crippen molar-refractivity contribution in [3.8, 4) is 0 Å². The highest BCUT2D eigenvalue weighted by molar-refractivity contribution is 5.74. The summed E-state index contributed by atoms with van der Waals surface area (Å²) in [5, 5.41) is 11.5. The molecule has 2 fully saturated rings. The quantitative estimate of drug-likeness (QED) is 0.513. The molecule has 2 N–H and O–H groups in total. The second-order valence-electron chi connectivity index (χ2n) is 2.90. The highest BCUT2D eigenvalue weighted by atomic mass is 16.4. The van der Waals surface area contributed by atoms with Crippen LogP contribution in [0.15, 0.2) is 0 Å². The highest BCUT2D eigenvalue weighted by Gasteiger charge is 2.47. The maximum Gasteiger partial charge on any atom is 0.320 e. The second kappa shape index (κ2) is 1.48. The number of fused-ring (bicyclic) bond motifs is 1. The van der Waals surface area contributed by atoms with Crippen molar-refractivity contribution in [2.75, 3.05) is 0 Å². The molecule has 0 aromatic carbocycles. The summed E-state index contributed by atoms with van der Waals surface area (Å²) >= 11 is 0. The van der Waals surface area contributed by atoms with Gasteiger partial charge in [-0.2, -0.15) is 0 Å². The average molecular weight is 127 g/mol. The predicted molar refractivity (Wildman–Crippen MR) is 31.1 cm³/mol. The molecule has 1 saturated carbocycles. The Balaban J connectivity index is 1.97. The van der Waals surface area contributed by atoms with Crippen molar-refractivity contribution < 1.29 is 9.90 Å². The van der Waals surface area contributed by atoms with Gasteiger partial charge in [0.05, 0.1) is 0 Å². The number of piperidine rings is 1. The number of rotatable bonds is 1. The summed E-state index contributed by atoms with van der Waals surface area (Å²) < 4.78 is 0. The van der Waals surface area contributed by atoms with Gasteiger partial charge >= 0.3 is 5.97 Å². The van der Waals surface area contributed by atoms with Crippen LogP contribution in [0.25, 0.3) is 0 Å². The number of carbonyl (C=O) groups is 1. The highest BCUT2D eigenvalue weighted by Crippen LogP contribution is 2.40. The first-order valence-electron chi connectivity index (χ1n) is 3.26. The fourth-order valence-electron chi connectivity index (χ4n) is 1.51. The van der Waals surface area contributed by atoms with Crippen LogP contribution in [0.3, 0.4) is 0 Å². The molecule has 1 saturated heterocycles. The normalized spacial score (nSPS) is 46.4. The molecule has 1 aliphatic carbocycles. The number of carboxylic acid groups (broad SMARTS) is 1. The molecule has 50 valence electrons. The van der Waals surface area contributed by atoms with Crippen molar-refractivity contribution in [1.82, 2.24) is 5.32 Å². The summed E-state index contributed by atoms with van der Waals surface area (Å²) in [6.45, 7) is 0. The zero-order chi connectivity index (χ0) is 6.43. The minimum Gasteiger partial charge on any atom is -0.480 e. The second-order valence-corrected chi connectivity index (χ2v) is 2.90. The smallest absolute Gasteiger partial charge is 0.320 e. The first kappa shape index (κ1) is 5.23. The Bertz CT molecular complexity index is 147. The molecule has 0 radical (unpaired) electrons. The SMILES string of the molecule is O=C(O)[C@@H]1CC2C[C@@H]2N1. The van der Waals surface area contributed by atoms with Crippen molar-refractivity contribution in [3.05, 3.63) is 0 Å². The zero-order valence-electron chi connectivity index (χ0n) is 5.00. The lowest BCUT2D eigenvalue weighted by Crippen LogP contribution is -2.33. The Morgan fingerprint density at radius 1 is 1.56 bits per heavy atom. The third-order valence-electron chi connectivity index (χ3n) is 2.17. The van der Waals surface area contributed by atoms with Crippen molar-refractivity contribution in [1.29, 1.82) is 0 Å². The van der Waals surface area contributed by atoms with E-state index in [1.54, 1.807) is 0 Å². The molecule has 3 nitrogen and oxygen atoms in total. The Labute approximate surface area is 53.1 Å². The molecule has 2 aliphatic rings. The lowest BCUT2D eigenvalue weighted by Gasteiger charge is -2.04. The van der Waals surface area contributed by atoms with E-state index >= 15 is 0 Å². The molecular weight excluding hydrogens is 118 g/mol. The minimum atomic E-state index is -0.692. The molecule has 3 heteroatoms. The summed E-state index contributed by atoms with van der Waals surface area (Å²) in [5.41, 5.74) is 0. The summed E-state index contributed by atoms with van der Waals surface area (Å²) in [4.78, 5) is 10.3. The molecule has 3 atom stereocenters.